The fourth-order valence-electron chi connectivity index (χ4n) is 2.15. The number of aromatic nitrogens is 4. The molecular formula is C16H16N4O2S. The van der Waals surface area contributed by atoms with Gasteiger partial charge in [-0.2, -0.15) is 5.10 Å². The lowest BCUT2D eigenvalue weighted by Gasteiger charge is -2.09. The van der Waals surface area contributed by atoms with Gasteiger partial charge in [0.1, 0.15) is 16.6 Å². The first kappa shape index (κ1) is 15.5. The second-order valence-electron chi connectivity index (χ2n) is 4.82. The summed E-state index contributed by atoms with van der Waals surface area (Å²) < 4.78 is 6.80. The maximum Gasteiger partial charge on any atom is 0.319 e. The molecule has 0 unspecified atom stereocenters. The Bertz CT molecular complexity index is 819. The predicted molar refractivity (Wildman–Crippen MR) is 88.6 cm³/mol. The third-order valence-corrected chi connectivity index (χ3v) is 4.33. The van der Waals surface area contributed by atoms with Crippen LogP contribution in [0.5, 0.6) is 0 Å². The Hall–Kier alpha value is -2.41. The molecule has 0 aliphatic carbocycles. The molecule has 0 aliphatic rings. The van der Waals surface area contributed by atoms with E-state index < -0.39 is 0 Å². The van der Waals surface area contributed by atoms with E-state index in [0.717, 1.165) is 16.1 Å². The summed E-state index contributed by atoms with van der Waals surface area (Å²) in [5, 5.41) is 5.60. The average Bonchev–Trinajstić information content (AvgIpc) is 3.01. The molecule has 118 valence electrons. The average molecular weight is 328 g/mol. The van der Waals surface area contributed by atoms with Crippen molar-refractivity contribution in [2.45, 2.75) is 24.1 Å². The van der Waals surface area contributed by atoms with Gasteiger partial charge in [-0.25, -0.2) is 14.6 Å². The van der Waals surface area contributed by atoms with Crippen molar-refractivity contribution in [2.75, 3.05) is 6.61 Å². The van der Waals surface area contributed by atoms with E-state index in [0.29, 0.717) is 12.3 Å². The summed E-state index contributed by atoms with van der Waals surface area (Å²) in [6.07, 6.45) is 3.21. The molecule has 0 aliphatic heterocycles. The monoisotopic (exact) mass is 328 g/mol. The van der Waals surface area contributed by atoms with E-state index in [1.807, 2.05) is 30.3 Å². The SMILES string of the molecule is CCOC(=O)[C@@H](C)Sc1ncnc2c1cnn2-c1ccccc1. The molecule has 3 rings (SSSR count). The second kappa shape index (κ2) is 6.78. The summed E-state index contributed by atoms with van der Waals surface area (Å²) in [7, 11) is 0. The molecule has 23 heavy (non-hydrogen) atoms. The Morgan fingerprint density at radius 3 is 2.83 bits per heavy atom. The van der Waals surface area contributed by atoms with E-state index in [1.165, 1.54) is 18.1 Å². The van der Waals surface area contributed by atoms with Gasteiger partial charge < -0.3 is 4.74 Å². The van der Waals surface area contributed by atoms with E-state index >= 15 is 0 Å². The van der Waals surface area contributed by atoms with Crippen molar-refractivity contribution in [3.05, 3.63) is 42.9 Å². The van der Waals surface area contributed by atoms with Crippen LogP contribution in [-0.4, -0.2) is 37.6 Å². The van der Waals surface area contributed by atoms with Crippen molar-refractivity contribution in [1.29, 1.82) is 0 Å². The number of hydrogen-bond acceptors (Lipinski definition) is 6. The molecule has 0 radical (unpaired) electrons. The highest BCUT2D eigenvalue weighted by Crippen LogP contribution is 2.29. The zero-order chi connectivity index (χ0) is 16.2. The quantitative estimate of drug-likeness (QED) is 0.407. The van der Waals surface area contributed by atoms with Crippen LogP contribution in [0.15, 0.2) is 47.9 Å². The van der Waals surface area contributed by atoms with Crippen molar-refractivity contribution in [2.24, 2.45) is 0 Å². The number of nitrogens with zero attached hydrogens (tertiary/aromatic N) is 4. The van der Waals surface area contributed by atoms with Gasteiger partial charge in [0.25, 0.3) is 0 Å². The van der Waals surface area contributed by atoms with Crippen molar-refractivity contribution >= 4 is 28.8 Å². The highest BCUT2D eigenvalue weighted by molar-refractivity contribution is 8.00. The van der Waals surface area contributed by atoms with Crippen molar-refractivity contribution in [1.82, 2.24) is 19.7 Å². The van der Waals surface area contributed by atoms with Crippen LogP contribution in [0.25, 0.3) is 16.7 Å². The molecule has 0 spiro atoms. The lowest BCUT2D eigenvalue weighted by molar-refractivity contribution is -0.142. The first-order valence-corrected chi connectivity index (χ1v) is 8.16. The summed E-state index contributed by atoms with van der Waals surface area (Å²) in [4.78, 5) is 20.4. The smallest absolute Gasteiger partial charge is 0.319 e. The molecule has 3 aromatic rings. The minimum absolute atomic E-state index is 0.250. The van der Waals surface area contributed by atoms with Crippen LogP contribution in [0.1, 0.15) is 13.8 Å². The maximum atomic E-state index is 11.8. The van der Waals surface area contributed by atoms with Gasteiger partial charge in [0.2, 0.25) is 0 Å². The Balaban J connectivity index is 1.95. The van der Waals surface area contributed by atoms with Crippen LogP contribution in [0.3, 0.4) is 0 Å². The molecule has 2 aromatic heterocycles. The van der Waals surface area contributed by atoms with Crippen molar-refractivity contribution < 1.29 is 9.53 Å². The number of thioether (sulfide) groups is 1. The van der Waals surface area contributed by atoms with E-state index in [-0.39, 0.29) is 11.2 Å². The molecule has 0 saturated heterocycles. The third-order valence-electron chi connectivity index (χ3n) is 3.24. The van der Waals surface area contributed by atoms with Gasteiger partial charge in [-0.3, -0.25) is 4.79 Å². The zero-order valence-corrected chi connectivity index (χ0v) is 13.7. The standard InChI is InChI=1S/C16H16N4O2S/c1-3-22-16(21)11(2)23-15-13-9-19-20(14(13)17-10-18-15)12-7-5-4-6-8-12/h4-11H,3H2,1-2H3/t11-/m1/s1. The normalized spacial score (nSPS) is 12.3. The van der Waals surface area contributed by atoms with Gasteiger partial charge in [0, 0.05) is 0 Å². The molecule has 1 atom stereocenters. The minimum atomic E-state index is -0.340. The summed E-state index contributed by atoms with van der Waals surface area (Å²) in [5.74, 6) is -0.250. The Kier molecular flexibility index (Phi) is 4.57. The number of para-hydroxylation sites is 1. The molecule has 0 amide bonds. The van der Waals surface area contributed by atoms with Crippen molar-refractivity contribution in [3.8, 4) is 5.69 Å². The fourth-order valence-corrected chi connectivity index (χ4v) is 3.03. The number of carbonyl (C=O) groups excluding carboxylic acids is 1. The fraction of sp³-hybridized carbons (Fsp3) is 0.250. The predicted octanol–water partition coefficient (Wildman–Crippen LogP) is 2.86. The number of benzene rings is 1. The minimum Gasteiger partial charge on any atom is -0.465 e. The summed E-state index contributed by atoms with van der Waals surface area (Å²) in [6, 6.07) is 9.77. The molecule has 7 heteroatoms. The van der Waals surface area contributed by atoms with Crippen LogP contribution in [-0.2, 0) is 9.53 Å². The van der Waals surface area contributed by atoms with Gasteiger partial charge in [0.15, 0.2) is 5.65 Å². The number of esters is 1. The van der Waals surface area contributed by atoms with Gasteiger partial charge in [-0.1, -0.05) is 30.0 Å². The van der Waals surface area contributed by atoms with E-state index in [1.54, 1.807) is 24.7 Å². The molecule has 0 N–H and O–H groups in total. The first-order chi connectivity index (χ1) is 11.2. The largest absolute Gasteiger partial charge is 0.465 e. The van der Waals surface area contributed by atoms with E-state index in [4.69, 9.17) is 4.74 Å². The highest BCUT2D eigenvalue weighted by Gasteiger charge is 2.19. The Labute approximate surface area is 137 Å². The number of hydrogen-bond donors (Lipinski definition) is 0. The summed E-state index contributed by atoms with van der Waals surface area (Å²) in [5.41, 5.74) is 1.64. The first-order valence-electron chi connectivity index (χ1n) is 7.28. The number of fused-ring (bicyclic) bond motifs is 1. The molecule has 6 nitrogen and oxygen atoms in total. The number of ether oxygens (including phenoxy) is 1. The van der Waals surface area contributed by atoms with Gasteiger partial charge in [-0.05, 0) is 26.0 Å². The van der Waals surface area contributed by atoms with Crippen LogP contribution < -0.4 is 0 Å². The molecule has 0 fully saturated rings. The summed E-state index contributed by atoms with van der Waals surface area (Å²) >= 11 is 1.35. The zero-order valence-electron chi connectivity index (χ0n) is 12.8. The Morgan fingerprint density at radius 1 is 1.30 bits per heavy atom. The molecule has 0 saturated carbocycles. The maximum absolute atomic E-state index is 11.8. The third kappa shape index (κ3) is 3.19. The molecule has 2 heterocycles. The second-order valence-corrected chi connectivity index (χ2v) is 6.15. The lowest BCUT2D eigenvalue weighted by atomic mass is 10.3. The number of carbonyl (C=O) groups is 1. The van der Waals surface area contributed by atoms with E-state index in [9.17, 15) is 4.79 Å². The van der Waals surface area contributed by atoms with Gasteiger partial charge >= 0.3 is 5.97 Å². The van der Waals surface area contributed by atoms with Crippen LogP contribution in [0.2, 0.25) is 0 Å². The van der Waals surface area contributed by atoms with Crippen LogP contribution in [0.4, 0.5) is 0 Å². The van der Waals surface area contributed by atoms with Gasteiger partial charge in [0.05, 0.1) is 23.9 Å². The van der Waals surface area contributed by atoms with Crippen molar-refractivity contribution in [3.63, 3.8) is 0 Å². The van der Waals surface area contributed by atoms with Crippen LogP contribution >= 0.6 is 11.8 Å². The molecule has 0 bridgehead atoms. The van der Waals surface area contributed by atoms with Gasteiger partial charge in [-0.15, -0.1) is 0 Å². The topological polar surface area (TPSA) is 69.9 Å². The van der Waals surface area contributed by atoms with E-state index in [2.05, 4.69) is 15.1 Å². The highest BCUT2D eigenvalue weighted by atomic mass is 32.2. The van der Waals surface area contributed by atoms with Crippen LogP contribution in [0, 0.1) is 0 Å². The summed E-state index contributed by atoms with van der Waals surface area (Å²) in [6.45, 7) is 3.97. The molecule has 1 aromatic carbocycles. The lowest BCUT2D eigenvalue weighted by Crippen LogP contribution is -2.16. The molecular weight excluding hydrogens is 312 g/mol. The Morgan fingerprint density at radius 2 is 2.09 bits per heavy atom. The number of rotatable bonds is 5.